The van der Waals surface area contributed by atoms with E-state index in [9.17, 15) is 14.4 Å². The van der Waals surface area contributed by atoms with Crippen LogP contribution in [0.5, 0.6) is 0 Å². The van der Waals surface area contributed by atoms with Crippen LogP contribution in [0.1, 0.15) is 34.5 Å². The van der Waals surface area contributed by atoms with Gasteiger partial charge in [0.05, 0.1) is 6.42 Å². The maximum atomic E-state index is 12.3. The van der Waals surface area contributed by atoms with Gasteiger partial charge in [-0.1, -0.05) is 12.1 Å². The molecule has 0 unspecified atom stereocenters. The molecule has 2 N–H and O–H groups in total. The molecule has 0 saturated carbocycles. The molecule has 0 aliphatic rings. The standard InChI is InChI=1S/C19H22N2O4S/c1-21(11-10-18(23)24)19(25)14-5-2-6-15(13-14)20-17(22)9-3-7-16-8-4-12-26-16/h2,4-6,8,12-13H,3,7,9-11H2,1H3,(H,20,22)(H,23,24). The van der Waals surface area contributed by atoms with Gasteiger partial charge in [-0.3, -0.25) is 14.4 Å². The maximum Gasteiger partial charge on any atom is 0.305 e. The van der Waals surface area contributed by atoms with Crippen LogP contribution in [0.25, 0.3) is 0 Å². The van der Waals surface area contributed by atoms with Gasteiger partial charge in [0.25, 0.3) is 5.91 Å². The minimum absolute atomic E-state index is 0.0922. The molecule has 2 rings (SSSR count). The Bertz CT molecular complexity index is 759. The molecule has 6 nitrogen and oxygen atoms in total. The molecule has 0 bridgehead atoms. The smallest absolute Gasteiger partial charge is 0.305 e. The summed E-state index contributed by atoms with van der Waals surface area (Å²) in [5.41, 5.74) is 0.970. The van der Waals surface area contributed by atoms with E-state index in [0.717, 1.165) is 12.8 Å². The average molecular weight is 374 g/mol. The summed E-state index contributed by atoms with van der Waals surface area (Å²) in [7, 11) is 1.56. The fraction of sp³-hybridized carbons (Fsp3) is 0.316. The number of hydrogen-bond donors (Lipinski definition) is 2. The first-order valence-corrected chi connectivity index (χ1v) is 9.23. The molecular formula is C19H22N2O4S. The molecule has 0 radical (unpaired) electrons. The molecule has 1 heterocycles. The van der Waals surface area contributed by atoms with E-state index in [1.807, 2.05) is 11.4 Å². The Balaban J connectivity index is 1.86. The highest BCUT2D eigenvalue weighted by atomic mass is 32.1. The predicted octanol–water partition coefficient (Wildman–Crippen LogP) is 3.26. The Morgan fingerprint density at radius 1 is 1.15 bits per heavy atom. The van der Waals surface area contributed by atoms with Gasteiger partial charge in [0.15, 0.2) is 0 Å². The minimum atomic E-state index is -0.951. The third kappa shape index (κ3) is 6.33. The number of rotatable bonds is 9. The summed E-state index contributed by atoms with van der Waals surface area (Å²) < 4.78 is 0. The third-order valence-electron chi connectivity index (χ3n) is 3.81. The summed E-state index contributed by atoms with van der Waals surface area (Å²) in [6.45, 7) is 0.132. The zero-order valence-corrected chi connectivity index (χ0v) is 15.4. The second-order valence-electron chi connectivity index (χ2n) is 5.93. The summed E-state index contributed by atoms with van der Waals surface area (Å²) in [6.07, 6.45) is 1.94. The van der Waals surface area contributed by atoms with Gasteiger partial charge in [-0.15, -0.1) is 11.3 Å². The third-order valence-corrected chi connectivity index (χ3v) is 4.74. The lowest BCUT2D eigenvalue weighted by Gasteiger charge is -2.16. The highest BCUT2D eigenvalue weighted by Gasteiger charge is 2.13. The predicted molar refractivity (Wildman–Crippen MR) is 102 cm³/mol. The molecule has 2 aromatic rings. The minimum Gasteiger partial charge on any atom is -0.481 e. The van der Waals surface area contributed by atoms with Crippen LogP contribution in [0.4, 0.5) is 5.69 Å². The average Bonchev–Trinajstić information content (AvgIpc) is 3.12. The summed E-state index contributed by atoms with van der Waals surface area (Å²) in [6, 6.07) is 10.7. The van der Waals surface area contributed by atoms with Gasteiger partial charge in [-0.05, 0) is 42.5 Å². The van der Waals surface area contributed by atoms with Gasteiger partial charge in [-0.2, -0.15) is 0 Å². The molecule has 0 spiro atoms. The van der Waals surface area contributed by atoms with Crippen molar-refractivity contribution in [3.05, 3.63) is 52.2 Å². The molecule has 1 aromatic carbocycles. The van der Waals surface area contributed by atoms with Crippen molar-refractivity contribution in [3.63, 3.8) is 0 Å². The van der Waals surface area contributed by atoms with E-state index in [1.54, 1.807) is 42.6 Å². The number of anilines is 1. The number of hydrogen-bond acceptors (Lipinski definition) is 4. The summed E-state index contributed by atoms with van der Waals surface area (Å²) in [5.74, 6) is -1.32. The number of carbonyl (C=O) groups excluding carboxylic acids is 2. The number of amides is 2. The number of aryl methyl sites for hydroxylation is 1. The largest absolute Gasteiger partial charge is 0.481 e. The Hall–Kier alpha value is -2.67. The molecule has 26 heavy (non-hydrogen) atoms. The monoisotopic (exact) mass is 374 g/mol. The van der Waals surface area contributed by atoms with Crippen molar-refractivity contribution in [1.29, 1.82) is 0 Å². The van der Waals surface area contributed by atoms with E-state index >= 15 is 0 Å². The second kappa shape index (κ2) is 9.72. The quantitative estimate of drug-likeness (QED) is 0.705. The van der Waals surface area contributed by atoms with E-state index in [0.29, 0.717) is 17.7 Å². The number of thiophene rings is 1. The first-order chi connectivity index (χ1) is 12.5. The molecule has 1 aromatic heterocycles. The number of nitrogens with one attached hydrogen (secondary N) is 1. The van der Waals surface area contributed by atoms with E-state index in [-0.39, 0.29) is 24.8 Å². The molecule has 0 saturated heterocycles. The van der Waals surface area contributed by atoms with Crippen LogP contribution in [0.15, 0.2) is 41.8 Å². The number of aliphatic carboxylic acids is 1. The first kappa shape index (κ1) is 19.7. The number of carboxylic acid groups (broad SMARTS) is 1. The SMILES string of the molecule is CN(CCC(=O)O)C(=O)c1cccc(NC(=O)CCCc2cccs2)c1. The lowest BCUT2D eigenvalue weighted by atomic mass is 10.1. The Labute approximate surface area is 156 Å². The molecule has 0 fully saturated rings. The van der Waals surface area contributed by atoms with Gasteiger partial charge >= 0.3 is 5.97 Å². The van der Waals surface area contributed by atoms with E-state index in [1.165, 1.54) is 9.78 Å². The van der Waals surface area contributed by atoms with Gasteiger partial charge in [0.2, 0.25) is 5.91 Å². The maximum absolute atomic E-state index is 12.3. The van der Waals surface area contributed by atoms with Crippen molar-refractivity contribution in [3.8, 4) is 0 Å². The van der Waals surface area contributed by atoms with Crippen LogP contribution < -0.4 is 5.32 Å². The van der Waals surface area contributed by atoms with Crippen molar-refractivity contribution in [2.24, 2.45) is 0 Å². The normalized spacial score (nSPS) is 10.3. The van der Waals surface area contributed by atoms with Crippen molar-refractivity contribution >= 4 is 34.8 Å². The lowest BCUT2D eigenvalue weighted by Crippen LogP contribution is -2.29. The second-order valence-corrected chi connectivity index (χ2v) is 6.96. The highest BCUT2D eigenvalue weighted by molar-refractivity contribution is 7.09. The van der Waals surface area contributed by atoms with Crippen LogP contribution in [0, 0.1) is 0 Å². The van der Waals surface area contributed by atoms with Crippen LogP contribution in [-0.4, -0.2) is 41.4 Å². The first-order valence-electron chi connectivity index (χ1n) is 8.35. The van der Waals surface area contributed by atoms with E-state index in [4.69, 9.17) is 5.11 Å². The van der Waals surface area contributed by atoms with Crippen molar-refractivity contribution in [1.82, 2.24) is 4.90 Å². The molecule has 2 amide bonds. The topological polar surface area (TPSA) is 86.7 Å². The van der Waals surface area contributed by atoms with Gasteiger partial charge < -0.3 is 15.3 Å². The Morgan fingerprint density at radius 2 is 1.96 bits per heavy atom. The molecule has 0 aliphatic carbocycles. The molecule has 7 heteroatoms. The zero-order chi connectivity index (χ0) is 18.9. The number of benzene rings is 1. The molecule has 0 aliphatic heterocycles. The molecular weight excluding hydrogens is 352 g/mol. The van der Waals surface area contributed by atoms with E-state index < -0.39 is 5.97 Å². The summed E-state index contributed by atoms with van der Waals surface area (Å²) in [4.78, 5) is 37.6. The van der Waals surface area contributed by atoms with E-state index in [2.05, 4.69) is 11.4 Å². The molecule has 0 atom stereocenters. The van der Waals surface area contributed by atoms with Crippen molar-refractivity contribution in [2.75, 3.05) is 18.9 Å². The zero-order valence-electron chi connectivity index (χ0n) is 14.6. The summed E-state index contributed by atoms with van der Waals surface area (Å²) in [5, 5.41) is 13.5. The summed E-state index contributed by atoms with van der Waals surface area (Å²) >= 11 is 1.68. The van der Waals surface area contributed by atoms with Gasteiger partial charge in [0, 0.05) is 36.1 Å². The van der Waals surface area contributed by atoms with Crippen LogP contribution in [0.2, 0.25) is 0 Å². The van der Waals surface area contributed by atoms with Crippen LogP contribution >= 0.6 is 11.3 Å². The number of carbonyl (C=O) groups is 3. The lowest BCUT2D eigenvalue weighted by molar-refractivity contribution is -0.137. The fourth-order valence-corrected chi connectivity index (χ4v) is 3.17. The van der Waals surface area contributed by atoms with Crippen LogP contribution in [-0.2, 0) is 16.0 Å². The fourth-order valence-electron chi connectivity index (χ4n) is 2.42. The van der Waals surface area contributed by atoms with Crippen molar-refractivity contribution < 1.29 is 19.5 Å². The van der Waals surface area contributed by atoms with Crippen molar-refractivity contribution in [2.45, 2.75) is 25.7 Å². The number of carboxylic acids is 1. The highest BCUT2D eigenvalue weighted by Crippen LogP contribution is 2.15. The Kier molecular flexibility index (Phi) is 7.35. The van der Waals surface area contributed by atoms with Gasteiger partial charge in [-0.25, -0.2) is 0 Å². The van der Waals surface area contributed by atoms with Gasteiger partial charge in [0.1, 0.15) is 0 Å². The molecule has 138 valence electrons. The Morgan fingerprint density at radius 3 is 2.65 bits per heavy atom. The van der Waals surface area contributed by atoms with Crippen LogP contribution in [0.3, 0.4) is 0 Å². The number of nitrogens with zero attached hydrogens (tertiary/aromatic N) is 1.